The van der Waals surface area contributed by atoms with Crippen molar-refractivity contribution in [1.82, 2.24) is 0 Å². The van der Waals surface area contributed by atoms with Gasteiger partial charge in [0.1, 0.15) is 5.82 Å². The van der Waals surface area contributed by atoms with Crippen LogP contribution in [0, 0.1) is 19.7 Å². The first-order valence-electron chi connectivity index (χ1n) is 8.51. The molecular weight excluding hydrogens is 303 g/mol. The molecule has 0 aliphatic heterocycles. The summed E-state index contributed by atoms with van der Waals surface area (Å²) in [6.07, 6.45) is 1.47. The number of aryl methyl sites for hydroxylation is 4. The molecule has 0 N–H and O–H groups in total. The maximum absolute atomic E-state index is 14.5. The van der Waals surface area contributed by atoms with Crippen LogP contribution in [0.1, 0.15) is 42.5 Å². The van der Waals surface area contributed by atoms with Gasteiger partial charge in [0.05, 0.1) is 6.61 Å². The van der Waals surface area contributed by atoms with Gasteiger partial charge in [-0.25, -0.2) is 4.39 Å². The maximum Gasteiger partial charge on any atom is 0.306 e. The van der Waals surface area contributed by atoms with E-state index in [1.807, 2.05) is 12.1 Å². The van der Waals surface area contributed by atoms with Gasteiger partial charge in [0.15, 0.2) is 0 Å². The van der Waals surface area contributed by atoms with Crippen LogP contribution in [0.5, 0.6) is 0 Å². The monoisotopic (exact) mass is 328 g/mol. The highest BCUT2D eigenvalue weighted by atomic mass is 19.1. The van der Waals surface area contributed by atoms with Crippen molar-refractivity contribution in [2.45, 2.75) is 47.0 Å². The van der Waals surface area contributed by atoms with E-state index in [0.29, 0.717) is 24.2 Å². The van der Waals surface area contributed by atoms with E-state index >= 15 is 0 Å². The summed E-state index contributed by atoms with van der Waals surface area (Å²) in [5.74, 6) is -0.514. The third-order valence-electron chi connectivity index (χ3n) is 4.26. The Kier molecular flexibility index (Phi) is 6.13. The molecule has 0 bridgehead atoms. The maximum atomic E-state index is 14.5. The highest BCUT2D eigenvalue weighted by molar-refractivity contribution is 5.73. The number of esters is 1. The third-order valence-corrected chi connectivity index (χ3v) is 4.26. The molecule has 0 aromatic heterocycles. The summed E-state index contributed by atoms with van der Waals surface area (Å²) in [4.78, 5) is 11.6. The van der Waals surface area contributed by atoms with Crippen molar-refractivity contribution >= 4 is 5.97 Å². The van der Waals surface area contributed by atoms with Crippen LogP contribution in [0.3, 0.4) is 0 Å². The van der Waals surface area contributed by atoms with Crippen molar-refractivity contribution in [3.05, 3.63) is 58.4 Å². The summed E-state index contributed by atoms with van der Waals surface area (Å²) in [5, 5.41) is 0. The van der Waals surface area contributed by atoms with Crippen molar-refractivity contribution < 1.29 is 13.9 Å². The van der Waals surface area contributed by atoms with E-state index in [2.05, 4.69) is 32.0 Å². The number of carbonyl (C=O) groups excluding carboxylic acids is 1. The van der Waals surface area contributed by atoms with E-state index in [1.165, 1.54) is 16.7 Å². The predicted octanol–water partition coefficient (Wildman–Crippen LogP) is 5.17. The first-order valence-corrected chi connectivity index (χ1v) is 8.51. The normalized spacial score (nSPS) is 10.7. The van der Waals surface area contributed by atoms with E-state index < -0.39 is 0 Å². The Morgan fingerprint density at radius 1 is 1.08 bits per heavy atom. The molecule has 2 aromatic rings. The summed E-state index contributed by atoms with van der Waals surface area (Å²) >= 11 is 0. The fourth-order valence-corrected chi connectivity index (χ4v) is 3.07. The van der Waals surface area contributed by atoms with Gasteiger partial charge < -0.3 is 4.74 Å². The summed E-state index contributed by atoms with van der Waals surface area (Å²) < 4.78 is 19.4. The quantitative estimate of drug-likeness (QED) is 0.684. The molecule has 0 aliphatic carbocycles. The minimum absolute atomic E-state index is 0.196. The van der Waals surface area contributed by atoms with Crippen LogP contribution >= 0.6 is 0 Å². The number of benzene rings is 2. The lowest BCUT2D eigenvalue weighted by Gasteiger charge is -2.15. The molecule has 0 amide bonds. The SMILES string of the molecule is CCOC(=O)CCc1cc(-c2c(C)cccc2CC)cc(C)c1F. The van der Waals surface area contributed by atoms with Gasteiger partial charge >= 0.3 is 5.97 Å². The summed E-state index contributed by atoms with van der Waals surface area (Å²) in [5.41, 5.74) is 5.79. The molecule has 2 aromatic carbocycles. The lowest BCUT2D eigenvalue weighted by Crippen LogP contribution is -2.06. The van der Waals surface area contributed by atoms with Crippen LogP contribution in [-0.4, -0.2) is 12.6 Å². The van der Waals surface area contributed by atoms with Gasteiger partial charge in [0.25, 0.3) is 0 Å². The average Bonchev–Trinajstić information content (AvgIpc) is 2.56. The lowest BCUT2D eigenvalue weighted by molar-refractivity contribution is -0.143. The van der Waals surface area contributed by atoms with Gasteiger partial charge in [-0.3, -0.25) is 4.79 Å². The number of hydrogen-bond donors (Lipinski definition) is 0. The van der Waals surface area contributed by atoms with E-state index in [1.54, 1.807) is 13.8 Å². The Morgan fingerprint density at radius 3 is 2.50 bits per heavy atom. The van der Waals surface area contributed by atoms with Crippen LogP contribution in [0.2, 0.25) is 0 Å². The number of ether oxygens (including phenoxy) is 1. The topological polar surface area (TPSA) is 26.3 Å². The molecule has 128 valence electrons. The average molecular weight is 328 g/mol. The van der Waals surface area contributed by atoms with E-state index in [-0.39, 0.29) is 18.2 Å². The highest BCUT2D eigenvalue weighted by Gasteiger charge is 2.14. The Hall–Kier alpha value is -2.16. The Bertz CT molecular complexity index is 735. The Balaban J connectivity index is 2.42. The highest BCUT2D eigenvalue weighted by Crippen LogP contribution is 2.31. The molecule has 0 spiro atoms. The lowest BCUT2D eigenvalue weighted by atomic mass is 9.90. The molecule has 2 nitrogen and oxygen atoms in total. The van der Waals surface area contributed by atoms with Crippen LogP contribution in [0.4, 0.5) is 4.39 Å². The van der Waals surface area contributed by atoms with E-state index in [4.69, 9.17) is 4.74 Å². The fraction of sp³-hybridized carbons (Fsp3) is 0.381. The van der Waals surface area contributed by atoms with Crippen molar-refractivity contribution in [2.24, 2.45) is 0 Å². The van der Waals surface area contributed by atoms with Crippen molar-refractivity contribution in [2.75, 3.05) is 6.61 Å². The molecule has 0 heterocycles. The second kappa shape index (κ2) is 8.09. The summed E-state index contributed by atoms with van der Waals surface area (Å²) in [7, 11) is 0. The third kappa shape index (κ3) is 4.02. The van der Waals surface area contributed by atoms with Crippen LogP contribution in [0.15, 0.2) is 30.3 Å². The first-order chi connectivity index (χ1) is 11.5. The van der Waals surface area contributed by atoms with Gasteiger partial charge in [-0.15, -0.1) is 0 Å². The molecule has 24 heavy (non-hydrogen) atoms. The molecule has 0 aliphatic rings. The molecule has 0 unspecified atom stereocenters. The molecule has 0 saturated carbocycles. The largest absolute Gasteiger partial charge is 0.466 e. The minimum atomic E-state index is -0.287. The second-order valence-electron chi connectivity index (χ2n) is 6.03. The van der Waals surface area contributed by atoms with Crippen molar-refractivity contribution in [1.29, 1.82) is 0 Å². The van der Waals surface area contributed by atoms with Crippen molar-refractivity contribution in [3.8, 4) is 11.1 Å². The molecule has 0 fully saturated rings. The van der Waals surface area contributed by atoms with Gasteiger partial charge in [0.2, 0.25) is 0 Å². The summed E-state index contributed by atoms with van der Waals surface area (Å²) in [6.45, 7) is 8.09. The molecule has 2 rings (SSSR count). The smallest absolute Gasteiger partial charge is 0.306 e. The standard InChI is InChI=1S/C21H25FO2/c1-5-16-9-7-8-14(3)20(16)18-12-15(4)21(22)17(13-18)10-11-19(23)24-6-2/h7-9,12-13H,5-6,10-11H2,1-4H3. The summed E-state index contributed by atoms with van der Waals surface area (Å²) in [6, 6.07) is 10.0. The Morgan fingerprint density at radius 2 is 1.83 bits per heavy atom. The fourth-order valence-electron chi connectivity index (χ4n) is 3.07. The van der Waals surface area contributed by atoms with Gasteiger partial charge in [-0.2, -0.15) is 0 Å². The number of carbonyl (C=O) groups is 1. The van der Waals surface area contributed by atoms with Crippen LogP contribution in [-0.2, 0) is 22.4 Å². The molecule has 0 saturated heterocycles. The van der Waals surface area contributed by atoms with Gasteiger partial charge in [-0.1, -0.05) is 25.1 Å². The molecule has 3 heteroatoms. The second-order valence-corrected chi connectivity index (χ2v) is 6.03. The Labute approximate surface area is 143 Å². The minimum Gasteiger partial charge on any atom is -0.466 e. The predicted molar refractivity (Wildman–Crippen MR) is 95.6 cm³/mol. The van der Waals surface area contributed by atoms with E-state index in [0.717, 1.165) is 12.0 Å². The molecule has 0 atom stereocenters. The zero-order valence-corrected chi connectivity index (χ0v) is 14.9. The number of halogens is 1. The first kappa shape index (κ1) is 18.2. The number of rotatable bonds is 6. The van der Waals surface area contributed by atoms with Crippen LogP contribution in [0.25, 0.3) is 11.1 Å². The van der Waals surface area contributed by atoms with Gasteiger partial charge in [0, 0.05) is 6.42 Å². The molecular formula is C21H25FO2. The van der Waals surface area contributed by atoms with Crippen LogP contribution < -0.4 is 0 Å². The van der Waals surface area contributed by atoms with Crippen molar-refractivity contribution in [3.63, 3.8) is 0 Å². The zero-order chi connectivity index (χ0) is 17.7. The zero-order valence-electron chi connectivity index (χ0n) is 14.9. The molecule has 0 radical (unpaired) electrons. The van der Waals surface area contributed by atoms with E-state index in [9.17, 15) is 9.18 Å². The number of hydrogen-bond acceptors (Lipinski definition) is 2. The van der Waals surface area contributed by atoms with Gasteiger partial charge in [-0.05, 0) is 79.1 Å².